The number of anilines is 1. The largest absolute Gasteiger partial charge is 0.377 e. The van der Waals surface area contributed by atoms with Crippen LogP contribution < -0.4 is 5.32 Å². The topological polar surface area (TPSA) is 12.0 Å². The summed E-state index contributed by atoms with van der Waals surface area (Å²) in [5.74, 6) is 0. The van der Waals surface area contributed by atoms with Gasteiger partial charge in [-0.2, -0.15) is 0 Å². The van der Waals surface area contributed by atoms with Crippen LogP contribution in [0.15, 0.2) is 41.8 Å². The molecule has 0 saturated carbocycles. The fourth-order valence-corrected chi connectivity index (χ4v) is 3.07. The molecular weight excluding hydrogens is 250 g/mol. The van der Waals surface area contributed by atoms with Gasteiger partial charge in [-0.15, -0.1) is 11.3 Å². The van der Waals surface area contributed by atoms with Gasteiger partial charge in [-0.3, -0.25) is 0 Å². The molecule has 0 aliphatic rings. The summed E-state index contributed by atoms with van der Waals surface area (Å²) in [6.45, 7) is 4.47. The quantitative estimate of drug-likeness (QED) is 0.687. The summed E-state index contributed by atoms with van der Waals surface area (Å²) in [4.78, 5) is 1.41. The zero-order valence-electron chi connectivity index (χ0n) is 11.9. The van der Waals surface area contributed by atoms with Crippen LogP contribution in [-0.4, -0.2) is 0 Å². The minimum atomic E-state index is 0.432. The van der Waals surface area contributed by atoms with Crippen LogP contribution in [0, 0.1) is 0 Å². The lowest BCUT2D eigenvalue weighted by molar-refractivity contribution is 0.763. The lowest BCUT2D eigenvalue weighted by atomic mass is 10.1. The number of benzene rings is 1. The second kappa shape index (κ2) is 7.34. The molecule has 2 heteroatoms. The van der Waals surface area contributed by atoms with Crippen LogP contribution in [0.3, 0.4) is 0 Å². The normalized spacial score (nSPS) is 12.3. The molecule has 0 aliphatic carbocycles. The highest BCUT2D eigenvalue weighted by atomic mass is 32.1. The summed E-state index contributed by atoms with van der Waals surface area (Å²) in [6.07, 6.45) is 4.84. The van der Waals surface area contributed by atoms with E-state index in [0.29, 0.717) is 6.04 Å². The summed E-state index contributed by atoms with van der Waals surface area (Å²) in [5, 5.41) is 5.77. The number of unbranched alkanes of at least 4 members (excludes halogenated alkanes) is 1. The van der Waals surface area contributed by atoms with Gasteiger partial charge >= 0.3 is 0 Å². The van der Waals surface area contributed by atoms with Crippen molar-refractivity contribution in [3.8, 4) is 0 Å². The Hall–Kier alpha value is -1.28. The first kappa shape index (κ1) is 14.1. The third kappa shape index (κ3) is 4.10. The van der Waals surface area contributed by atoms with Crippen molar-refractivity contribution in [2.75, 3.05) is 5.32 Å². The number of hydrogen-bond donors (Lipinski definition) is 1. The maximum Gasteiger partial charge on any atom is 0.0603 e. The van der Waals surface area contributed by atoms with Gasteiger partial charge in [0.25, 0.3) is 0 Å². The number of rotatable bonds is 7. The average molecular weight is 273 g/mol. The first-order valence-electron chi connectivity index (χ1n) is 7.22. The maximum atomic E-state index is 3.62. The zero-order chi connectivity index (χ0) is 13.5. The predicted molar refractivity (Wildman–Crippen MR) is 86.0 cm³/mol. The van der Waals surface area contributed by atoms with Crippen molar-refractivity contribution in [1.29, 1.82) is 0 Å². The second-order valence-electron chi connectivity index (χ2n) is 4.92. The molecular formula is C17H23NS. The highest BCUT2D eigenvalue weighted by Crippen LogP contribution is 2.26. The van der Waals surface area contributed by atoms with Crippen molar-refractivity contribution in [2.45, 2.75) is 45.6 Å². The van der Waals surface area contributed by atoms with Crippen molar-refractivity contribution in [2.24, 2.45) is 0 Å². The molecule has 0 saturated heterocycles. The number of aryl methyl sites for hydroxylation is 1. The molecule has 1 atom stereocenters. The molecule has 1 nitrogen and oxygen atoms in total. The van der Waals surface area contributed by atoms with Crippen molar-refractivity contribution in [3.63, 3.8) is 0 Å². The average Bonchev–Trinajstić information content (AvgIpc) is 2.98. The molecule has 1 aromatic carbocycles. The summed E-state index contributed by atoms with van der Waals surface area (Å²) >= 11 is 1.83. The number of thiophene rings is 1. The van der Waals surface area contributed by atoms with Crippen molar-refractivity contribution in [1.82, 2.24) is 0 Å². The predicted octanol–water partition coefficient (Wildman–Crippen LogP) is 5.65. The van der Waals surface area contributed by atoms with Crippen LogP contribution in [0.25, 0.3) is 0 Å². The third-order valence-corrected chi connectivity index (χ3v) is 4.39. The Balaban J connectivity index is 1.98. The Kier molecular flexibility index (Phi) is 5.46. The molecule has 0 amide bonds. The van der Waals surface area contributed by atoms with E-state index in [0.717, 1.165) is 6.42 Å². The van der Waals surface area contributed by atoms with Gasteiger partial charge in [0.2, 0.25) is 0 Å². The molecule has 1 N–H and O–H groups in total. The molecule has 1 heterocycles. The first-order valence-corrected chi connectivity index (χ1v) is 8.10. The Morgan fingerprint density at radius 1 is 1.11 bits per heavy atom. The van der Waals surface area contributed by atoms with Crippen molar-refractivity contribution >= 4 is 17.0 Å². The van der Waals surface area contributed by atoms with Crippen LogP contribution in [0.1, 0.15) is 49.6 Å². The van der Waals surface area contributed by atoms with E-state index >= 15 is 0 Å². The first-order chi connectivity index (χ1) is 9.33. The molecule has 0 bridgehead atoms. The fraction of sp³-hybridized carbons (Fsp3) is 0.412. The lowest BCUT2D eigenvalue weighted by Gasteiger charge is -2.17. The highest BCUT2D eigenvalue weighted by molar-refractivity contribution is 7.10. The van der Waals surface area contributed by atoms with E-state index < -0.39 is 0 Å². The van der Waals surface area contributed by atoms with E-state index in [4.69, 9.17) is 0 Å². The highest BCUT2D eigenvalue weighted by Gasteiger charge is 2.09. The van der Waals surface area contributed by atoms with E-state index in [1.807, 2.05) is 11.3 Å². The maximum absolute atomic E-state index is 3.62. The fourth-order valence-electron chi connectivity index (χ4n) is 2.21. The summed E-state index contributed by atoms with van der Waals surface area (Å²) in [6, 6.07) is 13.7. The Labute approximate surface area is 120 Å². The minimum absolute atomic E-state index is 0.432. The van der Waals surface area contributed by atoms with E-state index in [1.54, 1.807) is 0 Å². The smallest absolute Gasteiger partial charge is 0.0603 e. The Morgan fingerprint density at radius 2 is 1.89 bits per heavy atom. The zero-order valence-corrected chi connectivity index (χ0v) is 12.7. The van der Waals surface area contributed by atoms with Gasteiger partial charge in [-0.05, 0) is 48.4 Å². The van der Waals surface area contributed by atoms with Crippen LogP contribution >= 0.6 is 11.3 Å². The molecule has 0 fully saturated rings. The molecule has 102 valence electrons. The summed E-state index contributed by atoms with van der Waals surface area (Å²) in [5.41, 5.74) is 2.66. The van der Waals surface area contributed by atoms with Crippen LogP contribution in [-0.2, 0) is 6.42 Å². The van der Waals surface area contributed by atoms with Gasteiger partial charge in [0.15, 0.2) is 0 Å². The van der Waals surface area contributed by atoms with Gasteiger partial charge in [-0.1, -0.05) is 38.5 Å². The number of hydrogen-bond acceptors (Lipinski definition) is 2. The van der Waals surface area contributed by atoms with Crippen molar-refractivity contribution < 1.29 is 0 Å². The molecule has 19 heavy (non-hydrogen) atoms. The van der Waals surface area contributed by atoms with Crippen molar-refractivity contribution in [3.05, 3.63) is 52.2 Å². The minimum Gasteiger partial charge on any atom is -0.377 e. The monoisotopic (exact) mass is 273 g/mol. The van der Waals surface area contributed by atoms with E-state index in [-0.39, 0.29) is 0 Å². The van der Waals surface area contributed by atoms with Gasteiger partial charge in [0.1, 0.15) is 0 Å². The Bertz CT molecular complexity index is 459. The summed E-state index contributed by atoms with van der Waals surface area (Å²) in [7, 11) is 0. The van der Waals surface area contributed by atoms with E-state index in [9.17, 15) is 0 Å². The second-order valence-corrected chi connectivity index (χ2v) is 5.90. The molecule has 0 spiro atoms. The SMILES string of the molecule is CCCCc1ccc(NC(CC)c2cccs2)cc1. The van der Waals surface area contributed by atoms with Gasteiger partial charge in [-0.25, -0.2) is 0 Å². The molecule has 2 rings (SSSR count). The van der Waals surface area contributed by atoms with Gasteiger partial charge in [0, 0.05) is 10.6 Å². The van der Waals surface area contributed by atoms with Crippen LogP contribution in [0.4, 0.5) is 5.69 Å². The van der Waals surface area contributed by atoms with Gasteiger partial charge < -0.3 is 5.32 Å². The lowest BCUT2D eigenvalue weighted by Crippen LogP contribution is -2.07. The van der Waals surface area contributed by atoms with E-state index in [2.05, 4.69) is 60.9 Å². The standard InChI is InChI=1S/C17H23NS/c1-3-5-7-14-9-11-15(12-10-14)18-16(4-2)17-8-6-13-19-17/h6,8-13,16,18H,3-5,7H2,1-2H3. The summed E-state index contributed by atoms with van der Waals surface area (Å²) < 4.78 is 0. The molecule has 0 radical (unpaired) electrons. The van der Waals surface area contributed by atoms with E-state index in [1.165, 1.54) is 35.4 Å². The molecule has 0 aliphatic heterocycles. The molecule has 1 aromatic heterocycles. The van der Waals surface area contributed by atoms with Crippen LogP contribution in [0.5, 0.6) is 0 Å². The van der Waals surface area contributed by atoms with Crippen LogP contribution in [0.2, 0.25) is 0 Å². The Morgan fingerprint density at radius 3 is 2.47 bits per heavy atom. The van der Waals surface area contributed by atoms with Gasteiger partial charge in [0.05, 0.1) is 6.04 Å². The molecule has 2 aromatic rings. The third-order valence-electron chi connectivity index (χ3n) is 3.41. The number of nitrogens with one attached hydrogen (secondary N) is 1. The molecule has 1 unspecified atom stereocenters.